The normalized spacial score (nSPS) is 13.4. The topological polar surface area (TPSA) is 72.2 Å². The van der Waals surface area contributed by atoms with Crippen molar-refractivity contribution in [3.63, 3.8) is 0 Å². The van der Waals surface area contributed by atoms with Crippen molar-refractivity contribution in [2.24, 2.45) is 5.73 Å². The van der Waals surface area contributed by atoms with Crippen LogP contribution in [0.2, 0.25) is 0 Å². The van der Waals surface area contributed by atoms with Gasteiger partial charge in [-0.25, -0.2) is 0 Å². The molecule has 4 nitrogen and oxygen atoms in total. The van der Waals surface area contributed by atoms with Gasteiger partial charge in [-0.1, -0.05) is 0 Å². The number of anilines is 1. The highest BCUT2D eigenvalue weighted by atomic mass is 35.5. The van der Waals surface area contributed by atoms with Crippen molar-refractivity contribution in [2.75, 3.05) is 11.2 Å². The van der Waals surface area contributed by atoms with E-state index in [0.29, 0.717) is 29.3 Å². The number of nitrogens with two attached hydrogens (primary N) is 1. The number of carbonyl (C=O) groups is 2. The first kappa shape index (κ1) is 13.4. The van der Waals surface area contributed by atoms with Crippen LogP contribution in [0.4, 0.5) is 5.00 Å². The highest BCUT2D eigenvalue weighted by Gasteiger charge is 2.25. The van der Waals surface area contributed by atoms with Crippen molar-refractivity contribution in [1.29, 1.82) is 0 Å². The summed E-state index contributed by atoms with van der Waals surface area (Å²) in [5.74, 6) is -0.114. The molecular weight excluding hydrogens is 272 g/mol. The van der Waals surface area contributed by atoms with Gasteiger partial charge in [0.15, 0.2) is 0 Å². The third-order valence-electron chi connectivity index (χ3n) is 2.96. The molecule has 0 radical (unpaired) electrons. The van der Waals surface area contributed by atoms with Crippen molar-refractivity contribution in [2.45, 2.75) is 32.1 Å². The second-order valence-electron chi connectivity index (χ2n) is 4.27. The Hall–Kier alpha value is -1.07. The van der Waals surface area contributed by atoms with E-state index in [0.717, 1.165) is 24.8 Å². The van der Waals surface area contributed by atoms with E-state index in [4.69, 9.17) is 17.3 Å². The summed E-state index contributed by atoms with van der Waals surface area (Å²) in [5.41, 5.74) is 6.94. The number of halogens is 1. The lowest BCUT2D eigenvalue weighted by molar-refractivity contribution is -0.116. The molecule has 1 aromatic heterocycles. The van der Waals surface area contributed by atoms with Gasteiger partial charge in [0.1, 0.15) is 5.00 Å². The summed E-state index contributed by atoms with van der Waals surface area (Å²) in [4.78, 5) is 24.3. The molecule has 0 atom stereocenters. The van der Waals surface area contributed by atoms with E-state index in [2.05, 4.69) is 5.32 Å². The zero-order chi connectivity index (χ0) is 13.1. The Morgan fingerprint density at radius 1 is 1.39 bits per heavy atom. The summed E-state index contributed by atoms with van der Waals surface area (Å²) >= 11 is 7.01. The molecule has 0 unspecified atom stereocenters. The molecule has 0 saturated heterocycles. The molecule has 2 amide bonds. The highest BCUT2D eigenvalue weighted by molar-refractivity contribution is 7.17. The predicted molar refractivity (Wildman–Crippen MR) is 73.4 cm³/mol. The van der Waals surface area contributed by atoms with Crippen LogP contribution in [-0.4, -0.2) is 17.7 Å². The number of hydrogen-bond donors (Lipinski definition) is 2. The number of nitrogens with one attached hydrogen (secondary N) is 1. The van der Waals surface area contributed by atoms with Crippen LogP contribution in [0.15, 0.2) is 0 Å². The third kappa shape index (κ3) is 2.67. The van der Waals surface area contributed by atoms with Gasteiger partial charge in [0.05, 0.1) is 5.56 Å². The fourth-order valence-electron chi connectivity index (χ4n) is 2.17. The van der Waals surface area contributed by atoms with E-state index in [1.807, 2.05) is 0 Å². The predicted octanol–water partition coefficient (Wildman–Crippen LogP) is 2.29. The molecule has 0 spiro atoms. The van der Waals surface area contributed by atoms with Crippen LogP contribution in [-0.2, 0) is 17.6 Å². The number of thiophene rings is 1. The molecule has 6 heteroatoms. The molecule has 0 fully saturated rings. The molecule has 0 aromatic carbocycles. The SMILES string of the molecule is NC(=O)c1c(NC(=O)CCCCl)sc2c1CCC2. The molecule has 18 heavy (non-hydrogen) atoms. The lowest BCUT2D eigenvalue weighted by atomic mass is 10.1. The van der Waals surface area contributed by atoms with Crippen LogP contribution < -0.4 is 11.1 Å². The number of amides is 2. The van der Waals surface area contributed by atoms with E-state index in [1.54, 1.807) is 0 Å². The first-order valence-corrected chi connectivity index (χ1v) is 7.28. The van der Waals surface area contributed by atoms with Gasteiger partial charge in [-0.15, -0.1) is 22.9 Å². The minimum Gasteiger partial charge on any atom is -0.365 e. The molecule has 3 N–H and O–H groups in total. The average Bonchev–Trinajstić information content (AvgIpc) is 2.85. The molecule has 1 aliphatic rings. The molecule has 98 valence electrons. The second kappa shape index (κ2) is 5.71. The van der Waals surface area contributed by atoms with Crippen LogP contribution in [0.25, 0.3) is 0 Å². The Balaban J connectivity index is 2.18. The Kier molecular flexibility index (Phi) is 4.24. The van der Waals surface area contributed by atoms with Gasteiger partial charge in [0.25, 0.3) is 5.91 Å². The number of primary amides is 1. The van der Waals surface area contributed by atoms with Gasteiger partial charge in [-0.05, 0) is 31.2 Å². The lowest BCUT2D eigenvalue weighted by Gasteiger charge is -2.05. The summed E-state index contributed by atoms with van der Waals surface area (Å²) < 4.78 is 0. The van der Waals surface area contributed by atoms with Crippen molar-refractivity contribution in [1.82, 2.24) is 0 Å². The number of hydrogen-bond acceptors (Lipinski definition) is 3. The number of fused-ring (bicyclic) bond motifs is 1. The largest absolute Gasteiger partial charge is 0.365 e. The van der Waals surface area contributed by atoms with E-state index in [-0.39, 0.29) is 5.91 Å². The Morgan fingerprint density at radius 3 is 2.83 bits per heavy atom. The van der Waals surface area contributed by atoms with Gasteiger partial charge in [-0.3, -0.25) is 9.59 Å². The number of alkyl halides is 1. The Morgan fingerprint density at radius 2 is 2.17 bits per heavy atom. The fraction of sp³-hybridized carbons (Fsp3) is 0.500. The smallest absolute Gasteiger partial charge is 0.251 e. The van der Waals surface area contributed by atoms with Crippen LogP contribution in [0, 0.1) is 0 Å². The van der Waals surface area contributed by atoms with Crippen LogP contribution in [0.1, 0.15) is 40.1 Å². The van der Waals surface area contributed by atoms with Gasteiger partial charge >= 0.3 is 0 Å². The molecule has 1 aromatic rings. The monoisotopic (exact) mass is 286 g/mol. The first-order valence-electron chi connectivity index (χ1n) is 5.93. The van der Waals surface area contributed by atoms with Crippen molar-refractivity contribution >= 4 is 39.8 Å². The number of carbonyl (C=O) groups excluding carboxylic acids is 2. The van der Waals surface area contributed by atoms with Crippen molar-refractivity contribution < 1.29 is 9.59 Å². The first-order chi connectivity index (χ1) is 8.63. The minimum atomic E-state index is -0.456. The van der Waals surface area contributed by atoms with Crippen molar-refractivity contribution in [3.8, 4) is 0 Å². The minimum absolute atomic E-state index is 0.113. The summed E-state index contributed by atoms with van der Waals surface area (Å²) in [6.07, 6.45) is 3.90. The molecule has 0 bridgehead atoms. The maximum Gasteiger partial charge on any atom is 0.251 e. The molecule has 1 aliphatic carbocycles. The van der Waals surface area contributed by atoms with E-state index >= 15 is 0 Å². The van der Waals surface area contributed by atoms with E-state index in [9.17, 15) is 9.59 Å². The number of rotatable bonds is 5. The Bertz CT molecular complexity index is 485. The van der Waals surface area contributed by atoms with Crippen LogP contribution in [0.5, 0.6) is 0 Å². The molecule has 0 saturated carbocycles. The van der Waals surface area contributed by atoms with Gasteiger partial charge in [0.2, 0.25) is 5.91 Å². The van der Waals surface area contributed by atoms with E-state index in [1.165, 1.54) is 16.2 Å². The standard InChI is InChI=1S/C12H15ClN2O2S/c13-6-2-5-9(16)15-12-10(11(14)17)7-3-1-4-8(7)18-12/h1-6H2,(H2,14,17)(H,15,16). The molecule has 1 heterocycles. The zero-order valence-electron chi connectivity index (χ0n) is 9.92. The lowest BCUT2D eigenvalue weighted by Crippen LogP contribution is -2.17. The molecule has 2 rings (SSSR count). The maximum absolute atomic E-state index is 11.7. The number of aryl methyl sites for hydroxylation is 1. The summed E-state index contributed by atoms with van der Waals surface area (Å²) in [6, 6.07) is 0. The van der Waals surface area contributed by atoms with Crippen molar-refractivity contribution in [3.05, 3.63) is 16.0 Å². The van der Waals surface area contributed by atoms with Crippen LogP contribution >= 0.6 is 22.9 Å². The summed E-state index contributed by atoms with van der Waals surface area (Å²) in [6.45, 7) is 0. The quantitative estimate of drug-likeness (QED) is 0.815. The zero-order valence-corrected chi connectivity index (χ0v) is 11.5. The average molecular weight is 287 g/mol. The van der Waals surface area contributed by atoms with E-state index < -0.39 is 5.91 Å². The highest BCUT2D eigenvalue weighted by Crippen LogP contribution is 2.38. The third-order valence-corrected chi connectivity index (χ3v) is 4.43. The molecular formula is C12H15ClN2O2S. The summed E-state index contributed by atoms with van der Waals surface area (Å²) in [5, 5.41) is 3.38. The molecule has 0 aliphatic heterocycles. The van der Waals surface area contributed by atoms with Crippen LogP contribution in [0.3, 0.4) is 0 Å². The second-order valence-corrected chi connectivity index (χ2v) is 5.75. The van der Waals surface area contributed by atoms with Gasteiger partial charge in [0, 0.05) is 17.2 Å². The van der Waals surface area contributed by atoms with Gasteiger partial charge in [-0.2, -0.15) is 0 Å². The maximum atomic E-state index is 11.7. The van der Waals surface area contributed by atoms with Gasteiger partial charge < -0.3 is 11.1 Å². The Labute approximate surface area is 115 Å². The summed E-state index contributed by atoms with van der Waals surface area (Å²) in [7, 11) is 0. The fourth-order valence-corrected chi connectivity index (χ4v) is 3.61.